The molecule has 0 bridgehead atoms. The molecule has 0 atom stereocenters. The van der Waals surface area contributed by atoms with Crippen LogP contribution < -0.4 is 4.90 Å². The van der Waals surface area contributed by atoms with E-state index in [1.165, 1.54) is 61.2 Å². The van der Waals surface area contributed by atoms with Crippen LogP contribution >= 0.6 is 0 Å². The van der Waals surface area contributed by atoms with E-state index in [9.17, 15) is 0 Å². The third kappa shape index (κ3) is 6.89. The van der Waals surface area contributed by atoms with Gasteiger partial charge in [0.2, 0.25) is 0 Å². The van der Waals surface area contributed by atoms with Crippen molar-refractivity contribution in [1.29, 1.82) is 0 Å². The van der Waals surface area contributed by atoms with Gasteiger partial charge in [-0.05, 0) is 109 Å². The highest BCUT2D eigenvalue weighted by Gasteiger charge is 2.37. The van der Waals surface area contributed by atoms with E-state index >= 15 is 0 Å². The van der Waals surface area contributed by atoms with Gasteiger partial charge in [0.15, 0.2) is 5.82 Å². The molecule has 0 saturated heterocycles. The monoisotopic (exact) mass is 859 g/mol. The fourth-order valence-corrected chi connectivity index (χ4v) is 10.7. The molecule has 0 saturated carbocycles. The lowest BCUT2D eigenvalue weighted by Crippen LogP contribution is -2.18. The van der Waals surface area contributed by atoms with E-state index < -0.39 is 0 Å². The van der Waals surface area contributed by atoms with E-state index in [0.717, 1.165) is 50.7 Å². The van der Waals surface area contributed by atoms with Crippen LogP contribution in [0.5, 0.6) is 0 Å². The SMILES string of the molecule is CC1(C)c2ccccc2-c2ccc(N(c3ccc(-c4cc(-c5ccc(-c6ccccc6)cc5)nc(-c5ccc(-c6ccccc6)cc5)n4)cc3)c3ccc4c(c3)C(C)(C)c3ccccc3-4)cc21. The minimum Gasteiger partial charge on any atom is -0.310 e. The maximum absolute atomic E-state index is 5.28. The number of fused-ring (bicyclic) bond motifs is 6. The smallest absolute Gasteiger partial charge is 0.160 e. The first-order valence-corrected chi connectivity index (χ1v) is 23.3. The summed E-state index contributed by atoms with van der Waals surface area (Å²) in [5.74, 6) is 0.688. The zero-order chi connectivity index (χ0) is 45.3. The maximum Gasteiger partial charge on any atom is 0.160 e. The van der Waals surface area contributed by atoms with Crippen LogP contribution in [0.4, 0.5) is 17.1 Å². The second kappa shape index (κ2) is 15.8. The van der Waals surface area contributed by atoms with Gasteiger partial charge in [-0.1, -0.05) is 210 Å². The third-order valence-electron chi connectivity index (χ3n) is 14.3. The molecule has 3 nitrogen and oxygen atoms in total. The summed E-state index contributed by atoms with van der Waals surface area (Å²) in [4.78, 5) is 12.9. The van der Waals surface area contributed by atoms with E-state index in [-0.39, 0.29) is 10.8 Å². The van der Waals surface area contributed by atoms with Gasteiger partial charge in [0.25, 0.3) is 0 Å². The van der Waals surface area contributed by atoms with Crippen LogP contribution in [0.15, 0.2) is 224 Å². The number of nitrogens with zero attached hydrogens (tertiary/aromatic N) is 3. The first kappa shape index (κ1) is 40.4. The van der Waals surface area contributed by atoms with Gasteiger partial charge in [-0.15, -0.1) is 0 Å². The number of aromatic nitrogens is 2. The molecule has 0 spiro atoms. The molecular weight excluding hydrogens is 811 g/mol. The van der Waals surface area contributed by atoms with Crippen LogP contribution in [-0.4, -0.2) is 9.97 Å². The van der Waals surface area contributed by atoms with Crippen LogP contribution in [-0.2, 0) is 10.8 Å². The van der Waals surface area contributed by atoms with E-state index in [1.807, 2.05) is 0 Å². The van der Waals surface area contributed by atoms with Gasteiger partial charge in [0.1, 0.15) is 0 Å². The van der Waals surface area contributed by atoms with Crippen molar-refractivity contribution >= 4 is 17.1 Å². The Balaban J connectivity index is 0.967. The summed E-state index contributed by atoms with van der Waals surface area (Å²) in [5.41, 5.74) is 23.2. The van der Waals surface area contributed by atoms with Gasteiger partial charge in [-0.3, -0.25) is 0 Å². The number of anilines is 3. The number of rotatable bonds is 8. The van der Waals surface area contributed by atoms with Crippen molar-refractivity contribution in [3.8, 4) is 78.4 Å². The van der Waals surface area contributed by atoms with Crippen LogP contribution in [0, 0.1) is 0 Å². The minimum atomic E-state index is -0.134. The summed E-state index contributed by atoms with van der Waals surface area (Å²) in [6.07, 6.45) is 0. The number of benzene rings is 9. The molecule has 2 aliphatic carbocycles. The predicted molar refractivity (Wildman–Crippen MR) is 279 cm³/mol. The molecule has 1 aromatic heterocycles. The maximum atomic E-state index is 5.28. The summed E-state index contributed by atoms with van der Waals surface area (Å²) in [6, 6.07) is 81.2. The first-order chi connectivity index (χ1) is 32.7. The molecule has 12 rings (SSSR count). The van der Waals surface area contributed by atoms with Gasteiger partial charge in [-0.25, -0.2) is 9.97 Å². The fraction of sp³-hybridized carbons (Fsp3) is 0.0938. The van der Waals surface area contributed by atoms with E-state index in [4.69, 9.17) is 9.97 Å². The molecule has 320 valence electrons. The molecular formula is C64H49N3. The zero-order valence-electron chi connectivity index (χ0n) is 38.2. The summed E-state index contributed by atoms with van der Waals surface area (Å²) < 4.78 is 0. The largest absolute Gasteiger partial charge is 0.310 e. The second-order valence-electron chi connectivity index (χ2n) is 19.0. The Morgan fingerprint density at radius 3 is 1.09 bits per heavy atom. The lowest BCUT2D eigenvalue weighted by atomic mass is 9.82. The van der Waals surface area contributed by atoms with Crippen LogP contribution in [0.3, 0.4) is 0 Å². The van der Waals surface area contributed by atoms with Gasteiger partial charge in [-0.2, -0.15) is 0 Å². The molecule has 9 aromatic carbocycles. The summed E-state index contributed by atoms with van der Waals surface area (Å²) in [7, 11) is 0. The average molecular weight is 860 g/mol. The van der Waals surface area contributed by atoms with Gasteiger partial charge in [0.05, 0.1) is 11.4 Å². The van der Waals surface area contributed by atoms with Gasteiger partial charge < -0.3 is 4.90 Å². The van der Waals surface area contributed by atoms with Crippen LogP contribution in [0.2, 0.25) is 0 Å². The lowest BCUT2D eigenvalue weighted by molar-refractivity contribution is 0.660. The molecule has 3 heteroatoms. The second-order valence-corrected chi connectivity index (χ2v) is 19.0. The van der Waals surface area contributed by atoms with Crippen molar-refractivity contribution in [3.05, 3.63) is 247 Å². The topological polar surface area (TPSA) is 29.0 Å². The zero-order valence-corrected chi connectivity index (χ0v) is 38.2. The molecule has 1 heterocycles. The minimum absolute atomic E-state index is 0.134. The highest BCUT2D eigenvalue weighted by molar-refractivity contribution is 5.89. The van der Waals surface area contributed by atoms with E-state index in [0.29, 0.717) is 5.82 Å². The molecule has 2 aliphatic rings. The molecule has 67 heavy (non-hydrogen) atoms. The van der Waals surface area contributed by atoms with Gasteiger partial charge >= 0.3 is 0 Å². The highest BCUT2D eigenvalue weighted by Crippen LogP contribution is 2.53. The molecule has 0 unspecified atom stereocenters. The molecule has 0 aliphatic heterocycles. The van der Waals surface area contributed by atoms with E-state index in [2.05, 4.69) is 257 Å². The quantitative estimate of drug-likeness (QED) is 0.152. The normalized spacial score (nSPS) is 13.6. The summed E-state index contributed by atoms with van der Waals surface area (Å²) in [6.45, 7) is 9.43. The predicted octanol–water partition coefficient (Wildman–Crippen LogP) is 16.9. The van der Waals surface area contributed by atoms with E-state index in [1.54, 1.807) is 0 Å². The third-order valence-corrected chi connectivity index (χ3v) is 14.3. The Morgan fingerprint density at radius 2 is 0.627 bits per heavy atom. The Bertz CT molecular complexity index is 3270. The van der Waals surface area contributed by atoms with Crippen molar-refractivity contribution in [3.63, 3.8) is 0 Å². The van der Waals surface area contributed by atoms with Gasteiger partial charge in [0, 0.05) is 44.6 Å². The standard InChI is InChI=1S/C64H49N3/c1-63(2)56-21-13-11-19-52(56)54-37-35-50(39-58(54)63)67(51-36-38-55-53-20-12-14-22-57(53)64(3,4)59(55)40-51)49-33-31-47(32-34-49)61-41-60(46-27-23-44(24-28-46)42-15-7-5-8-16-42)65-62(66-61)48-29-25-45(26-30-48)43-17-9-6-10-18-43/h5-41H,1-4H3. The Hall–Kier alpha value is -8.14. The van der Waals surface area contributed by atoms with Crippen LogP contribution in [0.25, 0.3) is 78.4 Å². The first-order valence-electron chi connectivity index (χ1n) is 23.3. The molecule has 10 aromatic rings. The molecule has 0 amide bonds. The van der Waals surface area contributed by atoms with Crippen molar-refractivity contribution in [2.45, 2.75) is 38.5 Å². The highest BCUT2D eigenvalue weighted by atomic mass is 15.1. The number of hydrogen-bond donors (Lipinski definition) is 0. The Labute approximate surface area is 393 Å². The molecule has 0 radical (unpaired) electrons. The average Bonchev–Trinajstić information content (AvgIpc) is 3.76. The van der Waals surface area contributed by atoms with Crippen LogP contribution in [0.1, 0.15) is 49.9 Å². The van der Waals surface area contributed by atoms with Crippen molar-refractivity contribution in [2.24, 2.45) is 0 Å². The Morgan fingerprint density at radius 1 is 0.284 bits per heavy atom. The number of hydrogen-bond acceptors (Lipinski definition) is 3. The Kier molecular flexibility index (Phi) is 9.51. The summed E-state index contributed by atoms with van der Waals surface area (Å²) in [5, 5.41) is 0. The fourth-order valence-electron chi connectivity index (χ4n) is 10.7. The van der Waals surface area contributed by atoms with Crippen molar-refractivity contribution in [2.75, 3.05) is 4.90 Å². The van der Waals surface area contributed by atoms with Crippen molar-refractivity contribution in [1.82, 2.24) is 9.97 Å². The lowest BCUT2D eigenvalue weighted by Gasteiger charge is -2.30. The van der Waals surface area contributed by atoms with Crippen molar-refractivity contribution < 1.29 is 0 Å². The summed E-state index contributed by atoms with van der Waals surface area (Å²) >= 11 is 0. The molecule has 0 N–H and O–H groups in total. The molecule has 0 fully saturated rings.